The summed E-state index contributed by atoms with van der Waals surface area (Å²) >= 11 is 0. The molecule has 0 spiro atoms. The summed E-state index contributed by atoms with van der Waals surface area (Å²) in [6.45, 7) is -0.104. The molecule has 1 N–H and O–H groups in total. The lowest BCUT2D eigenvalue weighted by Crippen LogP contribution is -2.34. The minimum atomic E-state index is -1.34. The molecule has 0 saturated carbocycles. The van der Waals surface area contributed by atoms with Crippen LogP contribution in [-0.2, 0) is 14.4 Å². The van der Waals surface area contributed by atoms with Crippen LogP contribution in [0.3, 0.4) is 0 Å². The highest BCUT2D eigenvalue weighted by atomic mass is 16.5. The topological polar surface area (TPSA) is 75.7 Å². The van der Waals surface area contributed by atoms with E-state index in [0.29, 0.717) is 17.1 Å². The Hall–Kier alpha value is -3.15. The summed E-state index contributed by atoms with van der Waals surface area (Å²) in [6.07, 6.45) is 0. The SMILES string of the molecule is COc1ccccc1NC(=O)C1C(=O)CN(c2ccccc2)C1=O. The summed E-state index contributed by atoms with van der Waals surface area (Å²) in [4.78, 5) is 38.5. The highest BCUT2D eigenvalue weighted by molar-refractivity contribution is 6.30. The molecule has 1 saturated heterocycles. The van der Waals surface area contributed by atoms with Gasteiger partial charge in [-0.2, -0.15) is 0 Å². The van der Waals surface area contributed by atoms with E-state index in [1.807, 2.05) is 6.07 Å². The first-order valence-electron chi connectivity index (χ1n) is 7.45. The number of para-hydroxylation sites is 3. The van der Waals surface area contributed by atoms with Gasteiger partial charge in [-0.05, 0) is 24.3 Å². The zero-order valence-electron chi connectivity index (χ0n) is 13.1. The van der Waals surface area contributed by atoms with Gasteiger partial charge >= 0.3 is 0 Å². The van der Waals surface area contributed by atoms with Gasteiger partial charge in [0.15, 0.2) is 11.7 Å². The lowest BCUT2D eigenvalue weighted by Gasteiger charge is -2.16. The number of nitrogens with zero attached hydrogens (tertiary/aromatic N) is 1. The lowest BCUT2D eigenvalue weighted by atomic mass is 10.1. The average molecular weight is 324 g/mol. The molecular formula is C18H16N2O4. The summed E-state index contributed by atoms with van der Waals surface area (Å²) < 4.78 is 5.16. The fourth-order valence-electron chi connectivity index (χ4n) is 2.66. The molecule has 0 bridgehead atoms. The summed E-state index contributed by atoms with van der Waals surface area (Å²) in [5.74, 6) is -2.46. The van der Waals surface area contributed by atoms with E-state index in [1.54, 1.807) is 48.5 Å². The van der Waals surface area contributed by atoms with Crippen LogP contribution in [-0.4, -0.2) is 31.3 Å². The van der Waals surface area contributed by atoms with Crippen molar-refractivity contribution >= 4 is 29.0 Å². The molecule has 3 rings (SSSR count). The average Bonchev–Trinajstić information content (AvgIpc) is 2.90. The standard InChI is InChI=1S/C18H16N2O4/c1-24-15-10-6-5-9-13(15)19-17(22)16-14(21)11-20(18(16)23)12-7-3-2-4-8-12/h2-10,16H,11H2,1H3,(H,19,22). The number of carbonyl (C=O) groups is 3. The molecule has 24 heavy (non-hydrogen) atoms. The van der Waals surface area contributed by atoms with E-state index in [9.17, 15) is 14.4 Å². The van der Waals surface area contributed by atoms with Gasteiger partial charge in [-0.1, -0.05) is 30.3 Å². The zero-order chi connectivity index (χ0) is 17.1. The van der Waals surface area contributed by atoms with Crippen molar-refractivity contribution in [3.8, 4) is 5.75 Å². The number of hydrogen-bond acceptors (Lipinski definition) is 4. The molecule has 1 atom stereocenters. The van der Waals surface area contributed by atoms with Gasteiger partial charge in [-0.15, -0.1) is 0 Å². The van der Waals surface area contributed by atoms with Crippen molar-refractivity contribution in [2.75, 3.05) is 23.9 Å². The van der Waals surface area contributed by atoms with Crippen molar-refractivity contribution in [1.82, 2.24) is 0 Å². The second-order valence-electron chi connectivity index (χ2n) is 5.35. The van der Waals surface area contributed by atoms with Crippen molar-refractivity contribution < 1.29 is 19.1 Å². The van der Waals surface area contributed by atoms with Gasteiger partial charge in [0.2, 0.25) is 11.8 Å². The summed E-state index contributed by atoms with van der Waals surface area (Å²) in [5, 5.41) is 2.60. The first-order chi connectivity index (χ1) is 11.6. The van der Waals surface area contributed by atoms with Crippen molar-refractivity contribution in [3.63, 3.8) is 0 Å². The van der Waals surface area contributed by atoms with Gasteiger partial charge in [-0.25, -0.2) is 0 Å². The number of Topliss-reactive ketones (excluding diaryl/α,β-unsaturated/α-hetero) is 1. The number of benzene rings is 2. The minimum Gasteiger partial charge on any atom is -0.495 e. The maximum Gasteiger partial charge on any atom is 0.247 e. The maximum absolute atomic E-state index is 12.5. The zero-order valence-corrected chi connectivity index (χ0v) is 13.1. The Bertz CT molecular complexity index is 789. The van der Waals surface area contributed by atoms with Crippen molar-refractivity contribution in [1.29, 1.82) is 0 Å². The number of ether oxygens (including phenoxy) is 1. The highest BCUT2D eigenvalue weighted by Crippen LogP contribution is 2.27. The molecule has 2 aromatic rings. The Balaban J connectivity index is 1.80. The largest absolute Gasteiger partial charge is 0.495 e. The van der Waals surface area contributed by atoms with Crippen LogP contribution in [0.25, 0.3) is 0 Å². The van der Waals surface area contributed by atoms with E-state index < -0.39 is 23.5 Å². The third-order valence-electron chi connectivity index (χ3n) is 3.84. The second kappa shape index (κ2) is 6.54. The van der Waals surface area contributed by atoms with E-state index in [4.69, 9.17) is 4.74 Å². The number of methoxy groups -OCH3 is 1. The molecule has 0 radical (unpaired) electrons. The number of ketones is 1. The number of hydrogen-bond donors (Lipinski definition) is 1. The molecule has 1 fully saturated rings. The minimum absolute atomic E-state index is 0.104. The predicted octanol–water partition coefficient (Wildman–Crippen LogP) is 1.87. The van der Waals surface area contributed by atoms with Gasteiger partial charge in [0.25, 0.3) is 0 Å². The molecule has 2 amide bonds. The van der Waals surface area contributed by atoms with Gasteiger partial charge in [0.1, 0.15) is 5.75 Å². The number of amides is 2. The Morgan fingerprint density at radius 2 is 1.75 bits per heavy atom. The van der Waals surface area contributed by atoms with Crippen LogP contribution in [0, 0.1) is 5.92 Å². The van der Waals surface area contributed by atoms with Crippen LogP contribution in [0.5, 0.6) is 5.75 Å². The first-order valence-corrected chi connectivity index (χ1v) is 7.45. The van der Waals surface area contributed by atoms with Gasteiger partial charge in [0.05, 0.1) is 19.3 Å². The first kappa shape index (κ1) is 15.7. The van der Waals surface area contributed by atoms with Crippen LogP contribution < -0.4 is 15.0 Å². The van der Waals surface area contributed by atoms with E-state index >= 15 is 0 Å². The van der Waals surface area contributed by atoms with E-state index in [2.05, 4.69) is 5.32 Å². The van der Waals surface area contributed by atoms with Crippen molar-refractivity contribution in [2.45, 2.75) is 0 Å². The summed E-state index contributed by atoms with van der Waals surface area (Å²) in [7, 11) is 1.48. The number of nitrogens with one attached hydrogen (secondary N) is 1. The Kier molecular flexibility index (Phi) is 4.29. The summed E-state index contributed by atoms with van der Waals surface area (Å²) in [5.41, 5.74) is 1.02. The van der Waals surface area contributed by atoms with Gasteiger partial charge in [0, 0.05) is 5.69 Å². The van der Waals surface area contributed by atoms with Crippen LogP contribution >= 0.6 is 0 Å². The van der Waals surface area contributed by atoms with Crippen LogP contribution in [0.15, 0.2) is 54.6 Å². The Labute approximate surface area is 139 Å². The van der Waals surface area contributed by atoms with Crippen molar-refractivity contribution in [2.24, 2.45) is 5.92 Å². The van der Waals surface area contributed by atoms with Crippen LogP contribution in [0.4, 0.5) is 11.4 Å². The molecule has 0 aromatic heterocycles. The third-order valence-corrected chi connectivity index (χ3v) is 3.84. The fraction of sp³-hybridized carbons (Fsp3) is 0.167. The van der Waals surface area contributed by atoms with Crippen molar-refractivity contribution in [3.05, 3.63) is 54.6 Å². The smallest absolute Gasteiger partial charge is 0.247 e. The molecule has 1 unspecified atom stereocenters. The number of rotatable bonds is 4. The van der Waals surface area contributed by atoms with Gasteiger partial charge < -0.3 is 15.0 Å². The molecule has 0 aliphatic carbocycles. The monoisotopic (exact) mass is 324 g/mol. The predicted molar refractivity (Wildman–Crippen MR) is 88.9 cm³/mol. The summed E-state index contributed by atoms with van der Waals surface area (Å²) in [6, 6.07) is 15.6. The Morgan fingerprint density at radius 1 is 1.08 bits per heavy atom. The fourth-order valence-corrected chi connectivity index (χ4v) is 2.66. The number of anilines is 2. The maximum atomic E-state index is 12.5. The molecule has 2 aromatic carbocycles. The molecule has 6 nitrogen and oxygen atoms in total. The normalized spacial score (nSPS) is 17.0. The van der Waals surface area contributed by atoms with Gasteiger partial charge in [-0.3, -0.25) is 14.4 Å². The highest BCUT2D eigenvalue weighted by Gasteiger charge is 2.44. The van der Waals surface area contributed by atoms with Crippen LogP contribution in [0.2, 0.25) is 0 Å². The third kappa shape index (κ3) is 2.86. The molecule has 1 heterocycles. The molecular weight excluding hydrogens is 308 g/mol. The molecule has 122 valence electrons. The Morgan fingerprint density at radius 3 is 2.46 bits per heavy atom. The van der Waals surface area contributed by atoms with E-state index in [1.165, 1.54) is 12.0 Å². The lowest BCUT2D eigenvalue weighted by molar-refractivity contribution is -0.134. The molecule has 1 aliphatic heterocycles. The molecule has 1 aliphatic rings. The van der Waals surface area contributed by atoms with Crippen LogP contribution in [0.1, 0.15) is 0 Å². The van der Waals surface area contributed by atoms with E-state index in [0.717, 1.165) is 0 Å². The quantitative estimate of drug-likeness (QED) is 0.871. The molecule has 6 heteroatoms. The number of carbonyl (C=O) groups excluding carboxylic acids is 3. The second-order valence-corrected chi connectivity index (χ2v) is 5.35. The van der Waals surface area contributed by atoms with E-state index in [-0.39, 0.29) is 6.54 Å².